The van der Waals surface area contributed by atoms with E-state index in [1.807, 2.05) is 44.9 Å². The van der Waals surface area contributed by atoms with E-state index in [1.54, 1.807) is 0 Å². The lowest BCUT2D eigenvalue weighted by molar-refractivity contribution is -0.0270. The molecule has 0 rings (SSSR count). The maximum Gasteiger partial charge on any atom is 0.0936 e. The van der Waals surface area contributed by atoms with Gasteiger partial charge in [0.15, 0.2) is 0 Å². The van der Waals surface area contributed by atoms with Crippen molar-refractivity contribution in [3.8, 4) is 0 Å². The second-order valence-corrected chi connectivity index (χ2v) is 3.16. The third kappa shape index (κ3) is 1.68. The van der Waals surface area contributed by atoms with Gasteiger partial charge in [-0.15, -0.1) is 0 Å². The largest absolute Gasteiger partial charge is 0.393 e. The quantitative estimate of drug-likeness (QED) is 0.559. The van der Waals surface area contributed by atoms with Gasteiger partial charge in [0, 0.05) is 0 Å². The Kier molecular flexibility index (Phi) is 3.28. The van der Waals surface area contributed by atoms with Crippen LogP contribution in [0.4, 0.5) is 0 Å². The predicted octanol–water partition coefficient (Wildman–Crippen LogP) is -0.182. The topological polar surface area (TPSA) is 26.7 Å². The van der Waals surface area contributed by atoms with E-state index >= 15 is 0 Å². The average Bonchev–Trinajstić information content (AvgIpc) is 1.85. The fourth-order valence-corrected chi connectivity index (χ4v) is 0.683. The van der Waals surface area contributed by atoms with Crippen molar-refractivity contribution in [3.63, 3.8) is 0 Å². The fourth-order valence-electron chi connectivity index (χ4n) is 0.683. The van der Waals surface area contributed by atoms with Crippen LogP contribution in [0.25, 0.3) is 0 Å². The van der Waals surface area contributed by atoms with Crippen LogP contribution in [0.1, 0.15) is 6.92 Å². The van der Waals surface area contributed by atoms with Crippen molar-refractivity contribution < 1.29 is 5.11 Å². The SMILES string of the molecule is CN(C)C(C)(CO)N(C)C. The molecule has 0 amide bonds. The molecule has 0 bridgehead atoms. The van der Waals surface area contributed by atoms with Gasteiger partial charge in [0.25, 0.3) is 0 Å². The van der Waals surface area contributed by atoms with E-state index < -0.39 is 0 Å². The summed E-state index contributed by atoms with van der Waals surface area (Å²) in [6, 6.07) is 0. The van der Waals surface area contributed by atoms with Crippen LogP contribution >= 0.6 is 0 Å². The Morgan fingerprint density at radius 3 is 1.40 bits per heavy atom. The van der Waals surface area contributed by atoms with E-state index in [9.17, 15) is 0 Å². The van der Waals surface area contributed by atoms with Crippen LogP contribution in [-0.4, -0.2) is 55.4 Å². The van der Waals surface area contributed by atoms with Crippen LogP contribution < -0.4 is 0 Å². The number of hydrogen-bond acceptors (Lipinski definition) is 3. The third-order valence-corrected chi connectivity index (χ3v) is 2.23. The molecular weight excluding hydrogens is 128 g/mol. The molecule has 0 aliphatic rings. The average molecular weight is 146 g/mol. The van der Waals surface area contributed by atoms with Crippen LogP contribution in [0, 0.1) is 0 Å². The number of nitrogens with zero attached hydrogens (tertiary/aromatic N) is 2. The molecule has 0 aromatic rings. The predicted molar refractivity (Wildman–Crippen MR) is 42.9 cm³/mol. The standard InChI is InChI=1S/C7H18N2O/c1-7(6-10,8(2)3)9(4)5/h10H,6H2,1-5H3. The normalized spacial score (nSPS) is 13.2. The van der Waals surface area contributed by atoms with Gasteiger partial charge in [-0.1, -0.05) is 0 Å². The minimum atomic E-state index is -0.236. The van der Waals surface area contributed by atoms with Crippen LogP contribution in [-0.2, 0) is 0 Å². The van der Waals surface area contributed by atoms with Gasteiger partial charge in [-0.2, -0.15) is 0 Å². The zero-order chi connectivity index (χ0) is 8.36. The van der Waals surface area contributed by atoms with Crippen molar-refractivity contribution in [2.75, 3.05) is 34.8 Å². The first-order valence-electron chi connectivity index (χ1n) is 3.41. The van der Waals surface area contributed by atoms with Gasteiger partial charge in [-0.25, -0.2) is 0 Å². The summed E-state index contributed by atoms with van der Waals surface area (Å²) in [4.78, 5) is 3.99. The molecule has 3 nitrogen and oxygen atoms in total. The van der Waals surface area contributed by atoms with E-state index in [0.717, 1.165) is 0 Å². The van der Waals surface area contributed by atoms with E-state index in [4.69, 9.17) is 5.11 Å². The fraction of sp³-hybridized carbons (Fsp3) is 1.00. The molecule has 0 aromatic heterocycles. The van der Waals surface area contributed by atoms with E-state index in [0.29, 0.717) is 0 Å². The number of likely N-dealkylation sites (N-methyl/N-ethyl adjacent to an activating group) is 2. The monoisotopic (exact) mass is 146 g/mol. The second-order valence-electron chi connectivity index (χ2n) is 3.16. The molecule has 0 aliphatic carbocycles. The molecular formula is C7H18N2O. The van der Waals surface area contributed by atoms with Crippen molar-refractivity contribution >= 4 is 0 Å². The van der Waals surface area contributed by atoms with Gasteiger partial charge in [-0.05, 0) is 35.1 Å². The van der Waals surface area contributed by atoms with Gasteiger partial charge in [-0.3, -0.25) is 9.80 Å². The Hall–Kier alpha value is -0.120. The zero-order valence-electron chi connectivity index (χ0n) is 7.55. The Morgan fingerprint density at radius 1 is 1.10 bits per heavy atom. The van der Waals surface area contributed by atoms with E-state index in [2.05, 4.69) is 0 Å². The summed E-state index contributed by atoms with van der Waals surface area (Å²) >= 11 is 0. The first-order valence-corrected chi connectivity index (χ1v) is 3.41. The summed E-state index contributed by atoms with van der Waals surface area (Å²) in [6.45, 7) is 2.14. The highest BCUT2D eigenvalue weighted by molar-refractivity contribution is 4.77. The minimum Gasteiger partial charge on any atom is -0.393 e. The van der Waals surface area contributed by atoms with Crippen molar-refractivity contribution in [1.82, 2.24) is 9.80 Å². The zero-order valence-corrected chi connectivity index (χ0v) is 7.55. The van der Waals surface area contributed by atoms with Gasteiger partial charge in [0.05, 0.1) is 12.3 Å². The molecule has 0 aliphatic heterocycles. The molecule has 0 fully saturated rings. The van der Waals surface area contributed by atoms with E-state index in [-0.39, 0.29) is 12.3 Å². The summed E-state index contributed by atoms with van der Waals surface area (Å²) in [5.74, 6) is 0. The summed E-state index contributed by atoms with van der Waals surface area (Å²) in [6.07, 6.45) is 0. The third-order valence-electron chi connectivity index (χ3n) is 2.23. The lowest BCUT2D eigenvalue weighted by Crippen LogP contribution is -2.55. The van der Waals surface area contributed by atoms with Crippen molar-refractivity contribution in [1.29, 1.82) is 0 Å². The highest BCUT2D eigenvalue weighted by Gasteiger charge is 2.27. The summed E-state index contributed by atoms with van der Waals surface area (Å²) in [5.41, 5.74) is -0.236. The van der Waals surface area contributed by atoms with Gasteiger partial charge < -0.3 is 5.11 Å². The molecule has 0 spiro atoms. The molecule has 0 radical (unpaired) electrons. The molecule has 62 valence electrons. The summed E-state index contributed by atoms with van der Waals surface area (Å²) in [5, 5.41) is 9.04. The minimum absolute atomic E-state index is 0.146. The van der Waals surface area contributed by atoms with Crippen LogP contribution in [0.15, 0.2) is 0 Å². The molecule has 0 heterocycles. The number of hydrogen-bond donors (Lipinski definition) is 1. The molecule has 0 saturated heterocycles. The molecule has 0 saturated carbocycles. The van der Waals surface area contributed by atoms with Gasteiger partial charge >= 0.3 is 0 Å². The highest BCUT2D eigenvalue weighted by Crippen LogP contribution is 2.11. The Balaban J connectivity index is 4.23. The summed E-state index contributed by atoms with van der Waals surface area (Å²) < 4.78 is 0. The molecule has 3 heteroatoms. The smallest absolute Gasteiger partial charge is 0.0936 e. The first-order chi connectivity index (χ1) is 4.45. The molecule has 0 atom stereocenters. The summed E-state index contributed by atoms with van der Waals surface area (Å²) in [7, 11) is 7.82. The number of rotatable bonds is 3. The van der Waals surface area contributed by atoms with Crippen LogP contribution in [0.2, 0.25) is 0 Å². The molecule has 10 heavy (non-hydrogen) atoms. The van der Waals surface area contributed by atoms with Gasteiger partial charge in [0.1, 0.15) is 0 Å². The van der Waals surface area contributed by atoms with E-state index in [1.165, 1.54) is 0 Å². The Morgan fingerprint density at radius 2 is 1.40 bits per heavy atom. The van der Waals surface area contributed by atoms with Crippen LogP contribution in [0.5, 0.6) is 0 Å². The Bertz CT molecular complexity index is 93.8. The first kappa shape index (κ1) is 9.88. The molecule has 1 N–H and O–H groups in total. The molecule has 0 aromatic carbocycles. The number of aliphatic hydroxyl groups is 1. The van der Waals surface area contributed by atoms with Crippen molar-refractivity contribution in [2.45, 2.75) is 12.6 Å². The lowest BCUT2D eigenvalue weighted by atomic mass is 10.2. The van der Waals surface area contributed by atoms with Gasteiger partial charge in [0.2, 0.25) is 0 Å². The second kappa shape index (κ2) is 3.32. The van der Waals surface area contributed by atoms with Crippen molar-refractivity contribution in [2.24, 2.45) is 0 Å². The number of aliphatic hydroxyl groups excluding tert-OH is 1. The highest BCUT2D eigenvalue weighted by atomic mass is 16.3. The Labute approximate surface area is 63.2 Å². The maximum absolute atomic E-state index is 9.04. The van der Waals surface area contributed by atoms with Crippen molar-refractivity contribution in [3.05, 3.63) is 0 Å². The van der Waals surface area contributed by atoms with Crippen LogP contribution in [0.3, 0.4) is 0 Å². The molecule has 0 unspecified atom stereocenters. The lowest BCUT2D eigenvalue weighted by Gasteiger charge is -2.40. The maximum atomic E-state index is 9.04.